The van der Waals surface area contributed by atoms with E-state index in [2.05, 4.69) is 29.5 Å². The maximum Gasteiger partial charge on any atom is 0.260 e. The Morgan fingerprint density at radius 3 is 2.14 bits per heavy atom. The highest BCUT2D eigenvalue weighted by Crippen LogP contribution is 2.23. The van der Waals surface area contributed by atoms with E-state index in [-0.39, 0.29) is 36.4 Å². The van der Waals surface area contributed by atoms with Crippen molar-refractivity contribution < 1.29 is 19.1 Å². The topological polar surface area (TPSA) is 101 Å². The number of ether oxygens (including phenoxy) is 1. The fourth-order valence-electron chi connectivity index (χ4n) is 4.20. The van der Waals surface area contributed by atoms with Gasteiger partial charge in [0.25, 0.3) is 17.7 Å². The summed E-state index contributed by atoms with van der Waals surface area (Å²) in [5, 5.41) is 7.83. The number of amides is 3. The number of hydrogen-bond donors (Lipinski definition) is 2. The molecule has 9 heteroatoms. The zero-order valence-corrected chi connectivity index (χ0v) is 20.5. The van der Waals surface area contributed by atoms with Gasteiger partial charge in [0, 0.05) is 40.5 Å². The van der Waals surface area contributed by atoms with Crippen LogP contribution in [0.1, 0.15) is 53.8 Å². The first kappa shape index (κ1) is 24.4. The number of anilines is 2. The lowest BCUT2D eigenvalue weighted by Gasteiger charge is -2.38. The van der Waals surface area contributed by atoms with E-state index in [0.29, 0.717) is 27.7 Å². The van der Waals surface area contributed by atoms with Crippen molar-refractivity contribution >= 4 is 39.9 Å². The molecular formula is C26H28N4O4S. The van der Waals surface area contributed by atoms with Gasteiger partial charge in [-0.1, -0.05) is 0 Å². The molecule has 0 saturated carbocycles. The van der Waals surface area contributed by atoms with E-state index in [1.807, 2.05) is 4.90 Å². The molecule has 1 aromatic heterocycles. The standard InChI is InChI=1S/C26H28N4O4S/c1-17-4-3-5-18(2)30(17)23(31)16-34-22-12-8-20(9-13-22)24(32)28-21-10-6-19(7-11-21)25(33)29-26-27-14-15-35-26/h6-15,17-18H,3-5,16H2,1-2H3,(H,28,32)(H,27,29,33). The summed E-state index contributed by atoms with van der Waals surface area (Å²) < 4.78 is 5.68. The van der Waals surface area contributed by atoms with E-state index < -0.39 is 0 Å². The number of hydrogen-bond acceptors (Lipinski definition) is 6. The lowest BCUT2D eigenvalue weighted by atomic mass is 9.97. The van der Waals surface area contributed by atoms with Crippen LogP contribution in [-0.4, -0.2) is 46.3 Å². The van der Waals surface area contributed by atoms with Gasteiger partial charge < -0.3 is 15.0 Å². The zero-order valence-electron chi connectivity index (χ0n) is 19.7. The van der Waals surface area contributed by atoms with Crippen LogP contribution in [0.4, 0.5) is 10.8 Å². The monoisotopic (exact) mass is 492 g/mol. The first-order valence-electron chi connectivity index (χ1n) is 11.6. The van der Waals surface area contributed by atoms with Crippen LogP contribution in [0.3, 0.4) is 0 Å². The van der Waals surface area contributed by atoms with Gasteiger partial charge in [-0.15, -0.1) is 11.3 Å². The smallest absolute Gasteiger partial charge is 0.260 e. The maximum absolute atomic E-state index is 12.6. The lowest BCUT2D eigenvalue weighted by Crippen LogP contribution is -2.49. The SMILES string of the molecule is CC1CCCC(C)N1C(=O)COc1ccc(C(=O)Nc2ccc(C(=O)Nc3nccs3)cc2)cc1. The van der Waals surface area contributed by atoms with Crippen LogP contribution in [0, 0.1) is 0 Å². The Bertz CT molecular complexity index is 1150. The van der Waals surface area contributed by atoms with E-state index in [4.69, 9.17) is 4.74 Å². The molecule has 4 rings (SSSR count). The van der Waals surface area contributed by atoms with Crippen molar-refractivity contribution in [1.82, 2.24) is 9.88 Å². The Hall–Kier alpha value is -3.72. The summed E-state index contributed by atoms with van der Waals surface area (Å²) in [5.74, 6) is -0.0437. The molecule has 1 saturated heterocycles. The van der Waals surface area contributed by atoms with Gasteiger partial charge in [0.15, 0.2) is 11.7 Å². The Morgan fingerprint density at radius 1 is 0.943 bits per heavy atom. The molecule has 3 aromatic rings. The van der Waals surface area contributed by atoms with Crippen molar-refractivity contribution in [2.24, 2.45) is 0 Å². The maximum atomic E-state index is 12.6. The van der Waals surface area contributed by atoms with Gasteiger partial charge in [-0.3, -0.25) is 19.7 Å². The third-order valence-electron chi connectivity index (χ3n) is 6.02. The number of rotatable bonds is 7. The highest BCUT2D eigenvalue weighted by atomic mass is 32.1. The number of piperidine rings is 1. The van der Waals surface area contributed by atoms with Gasteiger partial charge in [-0.05, 0) is 81.6 Å². The Balaban J connectivity index is 1.28. The molecule has 0 spiro atoms. The molecule has 3 amide bonds. The van der Waals surface area contributed by atoms with Crippen LogP contribution in [-0.2, 0) is 4.79 Å². The second kappa shape index (κ2) is 11.1. The largest absolute Gasteiger partial charge is 0.484 e. The van der Waals surface area contributed by atoms with Crippen LogP contribution in [0.2, 0.25) is 0 Å². The molecule has 0 bridgehead atoms. The molecule has 1 fully saturated rings. The highest BCUT2D eigenvalue weighted by molar-refractivity contribution is 7.13. The van der Waals surface area contributed by atoms with Crippen molar-refractivity contribution in [3.63, 3.8) is 0 Å². The molecular weight excluding hydrogens is 464 g/mol. The fraction of sp³-hybridized carbons (Fsp3) is 0.308. The highest BCUT2D eigenvalue weighted by Gasteiger charge is 2.29. The molecule has 1 aliphatic heterocycles. The lowest BCUT2D eigenvalue weighted by molar-refractivity contribution is -0.139. The predicted octanol–water partition coefficient (Wildman–Crippen LogP) is 4.82. The van der Waals surface area contributed by atoms with Crippen molar-refractivity contribution in [3.8, 4) is 5.75 Å². The van der Waals surface area contributed by atoms with E-state index in [1.165, 1.54) is 11.3 Å². The third kappa shape index (κ3) is 6.24. The van der Waals surface area contributed by atoms with Crippen molar-refractivity contribution in [1.29, 1.82) is 0 Å². The first-order chi connectivity index (χ1) is 16.9. The number of likely N-dealkylation sites (tertiary alicyclic amines) is 1. The molecule has 0 radical (unpaired) electrons. The van der Waals surface area contributed by atoms with Crippen LogP contribution < -0.4 is 15.4 Å². The molecule has 35 heavy (non-hydrogen) atoms. The number of aromatic nitrogens is 1. The van der Waals surface area contributed by atoms with Gasteiger partial charge in [-0.2, -0.15) is 0 Å². The minimum atomic E-state index is -0.288. The number of thiazole rings is 1. The van der Waals surface area contributed by atoms with Crippen LogP contribution in [0.5, 0.6) is 5.75 Å². The molecule has 182 valence electrons. The van der Waals surface area contributed by atoms with E-state index >= 15 is 0 Å². The van der Waals surface area contributed by atoms with E-state index in [0.717, 1.165) is 19.3 Å². The summed E-state index contributed by atoms with van der Waals surface area (Å²) in [6, 6.07) is 13.7. The minimum absolute atomic E-state index is 0.0182. The minimum Gasteiger partial charge on any atom is -0.484 e. The summed E-state index contributed by atoms with van der Waals surface area (Å²) in [6.45, 7) is 4.13. The van der Waals surface area contributed by atoms with Crippen molar-refractivity contribution in [3.05, 3.63) is 71.2 Å². The Labute approximate surface area is 208 Å². The molecule has 2 aromatic carbocycles. The number of nitrogens with zero attached hydrogens (tertiary/aromatic N) is 2. The zero-order chi connectivity index (χ0) is 24.8. The molecule has 2 heterocycles. The Kier molecular flexibility index (Phi) is 7.77. The molecule has 2 atom stereocenters. The van der Waals surface area contributed by atoms with Crippen molar-refractivity contribution in [2.45, 2.75) is 45.2 Å². The molecule has 2 unspecified atom stereocenters. The molecule has 0 aliphatic carbocycles. The van der Waals surface area contributed by atoms with E-state index in [9.17, 15) is 14.4 Å². The van der Waals surface area contributed by atoms with Gasteiger partial charge in [0.05, 0.1) is 0 Å². The second-order valence-corrected chi connectivity index (χ2v) is 9.46. The number of carbonyl (C=O) groups is 3. The normalized spacial score (nSPS) is 17.5. The average Bonchev–Trinajstić information content (AvgIpc) is 3.36. The van der Waals surface area contributed by atoms with Gasteiger partial charge in [0.2, 0.25) is 0 Å². The van der Waals surface area contributed by atoms with Gasteiger partial charge >= 0.3 is 0 Å². The van der Waals surface area contributed by atoms with Crippen LogP contribution in [0.25, 0.3) is 0 Å². The summed E-state index contributed by atoms with van der Waals surface area (Å²) in [5.41, 5.74) is 1.48. The number of benzene rings is 2. The molecule has 2 N–H and O–H groups in total. The number of nitrogens with one attached hydrogen (secondary N) is 2. The van der Waals surface area contributed by atoms with Gasteiger partial charge in [0.1, 0.15) is 5.75 Å². The average molecular weight is 493 g/mol. The van der Waals surface area contributed by atoms with E-state index in [1.54, 1.807) is 60.1 Å². The van der Waals surface area contributed by atoms with Crippen LogP contribution >= 0.6 is 11.3 Å². The fourth-order valence-corrected chi connectivity index (χ4v) is 4.72. The second-order valence-electron chi connectivity index (χ2n) is 8.57. The first-order valence-corrected chi connectivity index (χ1v) is 12.4. The molecule has 1 aliphatic rings. The van der Waals surface area contributed by atoms with Crippen LogP contribution in [0.15, 0.2) is 60.1 Å². The number of carbonyl (C=O) groups excluding carboxylic acids is 3. The quantitative estimate of drug-likeness (QED) is 0.493. The summed E-state index contributed by atoms with van der Waals surface area (Å²) >= 11 is 1.34. The predicted molar refractivity (Wildman–Crippen MR) is 136 cm³/mol. The molecule has 8 nitrogen and oxygen atoms in total. The van der Waals surface area contributed by atoms with Gasteiger partial charge in [-0.25, -0.2) is 4.98 Å². The van der Waals surface area contributed by atoms with Crippen molar-refractivity contribution in [2.75, 3.05) is 17.2 Å². The summed E-state index contributed by atoms with van der Waals surface area (Å²) in [4.78, 5) is 43.4. The Morgan fingerprint density at radius 2 is 1.54 bits per heavy atom. The third-order valence-corrected chi connectivity index (χ3v) is 6.71. The summed E-state index contributed by atoms with van der Waals surface area (Å²) in [7, 11) is 0. The summed E-state index contributed by atoms with van der Waals surface area (Å²) in [6.07, 6.45) is 4.79.